The first-order valence-electron chi connectivity index (χ1n) is 5.66. The summed E-state index contributed by atoms with van der Waals surface area (Å²) < 4.78 is 14.0. The molecule has 0 saturated heterocycles. The van der Waals surface area contributed by atoms with Crippen LogP contribution in [0.3, 0.4) is 0 Å². The third kappa shape index (κ3) is 2.06. The molecule has 0 atom stereocenters. The summed E-state index contributed by atoms with van der Waals surface area (Å²) in [5.74, 6) is -0.465. The van der Waals surface area contributed by atoms with Gasteiger partial charge < -0.3 is 10.6 Å². The highest BCUT2D eigenvalue weighted by molar-refractivity contribution is 7.21. The van der Waals surface area contributed by atoms with Gasteiger partial charge in [-0.1, -0.05) is 0 Å². The van der Waals surface area contributed by atoms with Gasteiger partial charge in [-0.2, -0.15) is 0 Å². The van der Waals surface area contributed by atoms with Crippen molar-refractivity contribution in [3.8, 4) is 0 Å². The number of rotatable bonds is 2. The highest BCUT2D eigenvalue weighted by Crippen LogP contribution is 2.34. The lowest BCUT2D eigenvalue weighted by Gasteiger charge is -2.20. The maximum atomic E-state index is 13.2. The third-order valence-corrected chi connectivity index (χ3v) is 4.15. The van der Waals surface area contributed by atoms with E-state index in [1.807, 2.05) is 13.8 Å². The molecule has 1 heterocycles. The summed E-state index contributed by atoms with van der Waals surface area (Å²) in [5, 5.41) is 0.612. The summed E-state index contributed by atoms with van der Waals surface area (Å²) in [6.45, 7) is 3.86. The number of anilines is 1. The molecule has 0 unspecified atom stereocenters. The van der Waals surface area contributed by atoms with E-state index in [2.05, 4.69) is 0 Å². The van der Waals surface area contributed by atoms with Crippen molar-refractivity contribution in [2.24, 2.45) is 0 Å². The quantitative estimate of drug-likeness (QED) is 0.907. The number of nitrogens with two attached hydrogens (primary N) is 1. The molecule has 3 nitrogen and oxygen atoms in total. The van der Waals surface area contributed by atoms with Gasteiger partial charge in [0, 0.05) is 23.2 Å². The highest BCUT2D eigenvalue weighted by atomic mass is 32.1. The van der Waals surface area contributed by atoms with Crippen molar-refractivity contribution in [3.05, 3.63) is 28.9 Å². The second-order valence-electron chi connectivity index (χ2n) is 4.50. The van der Waals surface area contributed by atoms with E-state index in [9.17, 15) is 9.18 Å². The maximum absolute atomic E-state index is 13.2. The third-order valence-electron chi connectivity index (χ3n) is 2.98. The fourth-order valence-electron chi connectivity index (χ4n) is 1.64. The number of thiophene rings is 1. The van der Waals surface area contributed by atoms with E-state index in [1.54, 1.807) is 18.0 Å². The van der Waals surface area contributed by atoms with Gasteiger partial charge in [0.05, 0.1) is 5.69 Å². The second-order valence-corrected chi connectivity index (χ2v) is 5.55. The Morgan fingerprint density at radius 3 is 2.72 bits per heavy atom. The standard InChI is InChI=1S/C13H15FN2OS/c1-7(2)16(3)13(17)12-11(15)9-6-8(14)4-5-10(9)18-12/h4-7H,15H2,1-3H3. The zero-order valence-corrected chi connectivity index (χ0v) is 11.3. The van der Waals surface area contributed by atoms with E-state index >= 15 is 0 Å². The molecule has 2 N–H and O–H groups in total. The number of nitrogen functional groups attached to an aromatic ring is 1. The average Bonchev–Trinajstić information content (AvgIpc) is 2.65. The van der Waals surface area contributed by atoms with E-state index in [1.165, 1.54) is 23.5 Å². The number of benzene rings is 1. The van der Waals surface area contributed by atoms with Gasteiger partial charge in [0.25, 0.3) is 5.91 Å². The van der Waals surface area contributed by atoms with E-state index in [0.717, 1.165) is 4.70 Å². The topological polar surface area (TPSA) is 46.3 Å². The van der Waals surface area contributed by atoms with Crippen molar-refractivity contribution >= 4 is 33.0 Å². The summed E-state index contributed by atoms with van der Waals surface area (Å²) >= 11 is 1.30. The summed E-state index contributed by atoms with van der Waals surface area (Å²) in [7, 11) is 1.73. The predicted molar refractivity (Wildman–Crippen MR) is 73.4 cm³/mol. The number of hydrogen-bond donors (Lipinski definition) is 1. The van der Waals surface area contributed by atoms with Crippen LogP contribution in [0.15, 0.2) is 18.2 Å². The molecule has 18 heavy (non-hydrogen) atoms. The molecule has 5 heteroatoms. The lowest BCUT2D eigenvalue weighted by atomic mass is 10.2. The van der Waals surface area contributed by atoms with Crippen LogP contribution >= 0.6 is 11.3 Å². The molecule has 0 aliphatic carbocycles. The number of carbonyl (C=O) groups is 1. The number of amides is 1. The zero-order valence-electron chi connectivity index (χ0n) is 10.5. The Kier molecular flexibility index (Phi) is 3.26. The number of hydrogen-bond acceptors (Lipinski definition) is 3. The van der Waals surface area contributed by atoms with Gasteiger partial charge in [-0.05, 0) is 32.0 Å². The van der Waals surface area contributed by atoms with Gasteiger partial charge in [0.2, 0.25) is 0 Å². The van der Waals surface area contributed by atoms with Crippen molar-refractivity contribution in [1.82, 2.24) is 4.90 Å². The number of fused-ring (bicyclic) bond motifs is 1. The molecule has 0 fully saturated rings. The van der Waals surface area contributed by atoms with Crippen LogP contribution in [0, 0.1) is 5.82 Å². The lowest BCUT2D eigenvalue weighted by Crippen LogP contribution is -2.32. The summed E-state index contributed by atoms with van der Waals surface area (Å²) in [6, 6.07) is 4.49. The Labute approximate surface area is 109 Å². The molecule has 0 spiro atoms. The van der Waals surface area contributed by atoms with Gasteiger partial charge in [-0.3, -0.25) is 4.79 Å². The fraction of sp³-hybridized carbons (Fsp3) is 0.308. The van der Waals surface area contributed by atoms with Crippen molar-refractivity contribution in [2.75, 3.05) is 12.8 Å². The number of carbonyl (C=O) groups excluding carboxylic acids is 1. The van der Waals surface area contributed by atoms with Crippen LogP contribution in [0.25, 0.3) is 10.1 Å². The highest BCUT2D eigenvalue weighted by Gasteiger charge is 2.21. The molecular weight excluding hydrogens is 251 g/mol. The van der Waals surface area contributed by atoms with Gasteiger partial charge >= 0.3 is 0 Å². The normalized spacial score (nSPS) is 11.2. The van der Waals surface area contributed by atoms with Gasteiger partial charge in [-0.15, -0.1) is 11.3 Å². The van der Waals surface area contributed by atoms with Gasteiger partial charge in [0.1, 0.15) is 10.7 Å². The first kappa shape index (κ1) is 12.8. The van der Waals surface area contributed by atoms with E-state index in [0.29, 0.717) is 16.0 Å². The molecule has 2 rings (SSSR count). The molecule has 1 aromatic carbocycles. The largest absolute Gasteiger partial charge is 0.397 e. The van der Waals surface area contributed by atoms with E-state index in [-0.39, 0.29) is 17.8 Å². The zero-order chi connectivity index (χ0) is 13.4. The fourth-order valence-corrected chi connectivity index (χ4v) is 2.73. The first-order valence-corrected chi connectivity index (χ1v) is 6.48. The van der Waals surface area contributed by atoms with Crippen LogP contribution in [0.2, 0.25) is 0 Å². The Bertz CT molecular complexity index is 606. The Balaban J connectivity index is 2.52. The second kappa shape index (κ2) is 4.57. The molecule has 0 saturated carbocycles. The van der Waals surface area contributed by atoms with Gasteiger partial charge in [0.15, 0.2) is 0 Å². The minimum absolute atomic E-state index is 0.0962. The van der Waals surface area contributed by atoms with Gasteiger partial charge in [-0.25, -0.2) is 4.39 Å². The predicted octanol–water partition coefficient (Wildman–Crippen LogP) is 3.10. The molecule has 96 valence electrons. The van der Waals surface area contributed by atoms with Crippen LogP contribution < -0.4 is 5.73 Å². The monoisotopic (exact) mass is 266 g/mol. The molecule has 1 amide bonds. The molecule has 0 aliphatic heterocycles. The van der Waals surface area contributed by atoms with Crippen molar-refractivity contribution in [2.45, 2.75) is 19.9 Å². The molecule has 2 aromatic rings. The van der Waals surface area contributed by atoms with Crippen LogP contribution in [0.5, 0.6) is 0 Å². The molecule has 0 radical (unpaired) electrons. The molecule has 0 aliphatic rings. The van der Waals surface area contributed by atoms with Crippen molar-refractivity contribution < 1.29 is 9.18 Å². The lowest BCUT2D eigenvalue weighted by molar-refractivity contribution is 0.0761. The Morgan fingerprint density at radius 1 is 1.44 bits per heavy atom. The van der Waals surface area contributed by atoms with E-state index < -0.39 is 0 Å². The van der Waals surface area contributed by atoms with Crippen LogP contribution in [0.4, 0.5) is 10.1 Å². The Hall–Kier alpha value is -1.62. The summed E-state index contributed by atoms with van der Waals surface area (Å²) in [4.78, 5) is 14.3. The average molecular weight is 266 g/mol. The first-order chi connectivity index (χ1) is 8.41. The van der Waals surface area contributed by atoms with Crippen molar-refractivity contribution in [3.63, 3.8) is 0 Å². The molecular formula is C13H15FN2OS. The SMILES string of the molecule is CC(C)N(C)C(=O)c1sc2ccc(F)cc2c1N. The van der Waals surface area contributed by atoms with Crippen LogP contribution in [0.1, 0.15) is 23.5 Å². The minimum Gasteiger partial charge on any atom is -0.397 e. The number of halogens is 1. The smallest absolute Gasteiger partial charge is 0.266 e. The molecule has 1 aromatic heterocycles. The van der Waals surface area contributed by atoms with E-state index in [4.69, 9.17) is 5.73 Å². The summed E-state index contributed by atoms with van der Waals surface area (Å²) in [6.07, 6.45) is 0. The Morgan fingerprint density at radius 2 is 2.11 bits per heavy atom. The minimum atomic E-state index is -0.344. The van der Waals surface area contributed by atoms with Crippen LogP contribution in [-0.2, 0) is 0 Å². The maximum Gasteiger partial charge on any atom is 0.266 e. The summed E-state index contributed by atoms with van der Waals surface area (Å²) in [5.41, 5.74) is 6.31. The van der Waals surface area contributed by atoms with Crippen LogP contribution in [-0.4, -0.2) is 23.9 Å². The molecule has 0 bridgehead atoms. The number of nitrogens with zero attached hydrogens (tertiary/aromatic N) is 1. The van der Waals surface area contributed by atoms with Crippen molar-refractivity contribution in [1.29, 1.82) is 0 Å².